The van der Waals surface area contributed by atoms with Crippen LogP contribution in [0.25, 0.3) is 11.8 Å². The van der Waals surface area contributed by atoms with Crippen molar-refractivity contribution in [2.24, 2.45) is 0 Å². The van der Waals surface area contributed by atoms with Gasteiger partial charge in [0.05, 0.1) is 29.2 Å². The Morgan fingerprint density at radius 3 is 2.63 bits per heavy atom. The predicted octanol–water partition coefficient (Wildman–Crippen LogP) is 4.49. The molecular weight excluding hydrogens is 340 g/mol. The maximum absolute atomic E-state index is 12.8. The van der Waals surface area contributed by atoms with Crippen LogP contribution in [0.4, 0.5) is 0 Å². The van der Waals surface area contributed by atoms with E-state index in [1.807, 2.05) is 51.1 Å². The summed E-state index contributed by atoms with van der Waals surface area (Å²) in [6.45, 7) is 6.03. The highest BCUT2D eigenvalue weighted by atomic mass is 16.5. The number of hydrogen-bond acceptors (Lipinski definition) is 4. The number of para-hydroxylation sites is 1. The largest absolute Gasteiger partial charge is 0.504 e. The summed E-state index contributed by atoms with van der Waals surface area (Å²) in [5, 5.41) is 14.3. The van der Waals surface area contributed by atoms with Gasteiger partial charge in [-0.3, -0.25) is 4.79 Å². The third-order valence-electron chi connectivity index (χ3n) is 4.25. The number of rotatable bonds is 6. The fourth-order valence-corrected chi connectivity index (χ4v) is 2.98. The molecular formula is C22H22N2O3. The molecule has 0 aliphatic carbocycles. The minimum absolute atomic E-state index is 0.0798. The number of benzene rings is 2. The van der Waals surface area contributed by atoms with E-state index in [0.717, 1.165) is 16.9 Å². The lowest BCUT2D eigenvalue weighted by Gasteiger charge is -2.06. The van der Waals surface area contributed by atoms with Gasteiger partial charge in [-0.15, -0.1) is 0 Å². The first kappa shape index (κ1) is 18.5. The third kappa shape index (κ3) is 3.92. The Morgan fingerprint density at radius 2 is 1.93 bits per heavy atom. The van der Waals surface area contributed by atoms with Gasteiger partial charge in [-0.2, -0.15) is 5.10 Å². The Labute approximate surface area is 158 Å². The molecule has 0 unspecified atom stereocenters. The van der Waals surface area contributed by atoms with Gasteiger partial charge < -0.3 is 9.84 Å². The van der Waals surface area contributed by atoms with Crippen LogP contribution in [0.3, 0.4) is 0 Å². The molecule has 0 radical (unpaired) electrons. The van der Waals surface area contributed by atoms with Gasteiger partial charge in [-0.1, -0.05) is 30.3 Å². The molecule has 0 fully saturated rings. The predicted molar refractivity (Wildman–Crippen MR) is 106 cm³/mol. The van der Waals surface area contributed by atoms with Gasteiger partial charge in [0.15, 0.2) is 17.3 Å². The first-order chi connectivity index (χ1) is 13.0. The second-order valence-electron chi connectivity index (χ2n) is 6.15. The van der Waals surface area contributed by atoms with E-state index in [0.29, 0.717) is 23.6 Å². The summed E-state index contributed by atoms with van der Waals surface area (Å²) in [4.78, 5) is 12.8. The van der Waals surface area contributed by atoms with E-state index in [-0.39, 0.29) is 11.5 Å². The molecule has 0 spiro atoms. The molecule has 138 valence electrons. The van der Waals surface area contributed by atoms with Crippen LogP contribution >= 0.6 is 0 Å². The maximum Gasteiger partial charge on any atom is 0.189 e. The minimum Gasteiger partial charge on any atom is -0.504 e. The van der Waals surface area contributed by atoms with E-state index in [1.54, 1.807) is 29.0 Å². The SMILES string of the molecule is CCOc1cc(C=CC(=O)c2c(C)nn(-c3ccccc3)c2C)ccc1O. The lowest BCUT2D eigenvalue weighted by atomic mass is 10.1. The van der Waals surface area contributed by atoms with Crippen LogP contribution in [0, 0.1) is 13.8 Å². The van der Waals surface area contributed by atoms with E-state index in [1.165, 1.54) is 6.08 Å². The highest BCUT2D eigenvalue weighted by molar-refractivity contribution is 6.08. The van der Waals surface area contributed by atoms with Crippen molar-refractivity contribution in [2.45, 2.75) is 20.8 Å². The smallest absolute Gasteiger partial charge is 0.189 e. The molecule has 5 heteroatoms. The fourth-order valence-electron chi connectivity index (χ4n) is 2.98. The first-order valence-corrected chi connectivity index (χ1v) is 8.81. The molecule has 3 rings (SSSR count). The summed E-state index contributed by atoms with van der Waals surface area (Å²) in [6, 6.07) is 14.7. The number of hydrogen-bond donors (Lipinski definition) is 1. The van der Waals surface area contributed by atoms with Crippen LogP contribution in [0.15, 0.2) is 54.6 Å². The number of carbonyl (C=O) groups is 1. The van der Waals surface area contributed by atoms with Gasteiger partial charge in [0.25, 0.3) is 0 Å². The summed E-state index contributed by atoms with van der Waals surface area (Å²) in [5.41, 5.74) is 3.77. The Balaban J connectivity index is 1.88. The molecule has 1 aromatic heterocycles. The third-order valence-corrected chi connectivity index (χ3v) is 4.25. The van der Waals surface area contributed by atoms with Crippen molar-refractivity contribution in [1.82, 2.24) is 9.78 Å². The molecule has 27 heavy (non-hydrogen) atoms. The maximum atomic E-state index is 12.8. The van der Waals surface area contributed by atoms with Crippen molar-refractivity contribution in [2.75, 3.05) is 6.61 Å². The number of aromatic nitrogens is 2. The monoisotopic (exact) mass is 362 g/mol. The van der Waals surface area contributed by atoms with Crippen molar-refractivity contribution in [3.8, 4) is 17.2 Å². The Morgan fingerprint density at radius 1 is 1.19 bits per heavy atom. The summed E-state index contributed by atoms with van der Waals surface area (Å²) < 4.78 is 7.16. The number of aromatic hydroxyl groups is 1. The molecule has 1 N–H and O–H groups in total. The second-order valence-corrected chi connectivity index (χ2v) is 6.15. The van der Waals surface area contributed by atoms with E-state index < -0.39 is 0 Å². The lowest BCUT2D eigenvalue weighted by Crippen LogP contribution is -2.01. The zero-order valence-corrected chi connectivity index (χ0v) is 15.6. The number of phenolic OH excluding ortho intramolecular Hbond substituents is 1. The van der Waals surface area contributed by atoms with Gasteiger partial charge in [-0.05, 0) is 56.7 Å². The molecule has 0 amide bonds. The highest BCUT2D eigenvalue weighted by Gasteiger charge is 2.17. The van der Waals surface area contributed by atoms with Crippen molar-refractivity contribution in [1.29, 1.82) is 0 Å². The summed E-state index contributed by atoms with van der Waals surface area (Å²) in [7, 11) is 0. The van der Waals surface area contributed by atoms with Crippen molar-refractivity contribution < 1.29 is 14.6 Å². The van der Waals surface area contributed by atoms with Crippen LogP contribution in [0.1, 0.15) is 34.2 Å². The summed E-state index contributed by atoms with van der Waals surface area (Å²) in [6.07, 6.45) is 3.23. The average Bonchev–Trinajstić information content (AvgIpc) is 2.97. The quantitative estimate of drug-likeness (QED) is 0.518. The number of carbonyl (C=O) groups excluding carboxylic acids is 1. The zero-order valence-electron chi connectivity index (χ0n) is 15.6. The van der Waals surface area contributed by atoms with E-state index >= 15 is 0 Å². The average molecular weight is 362 g/mol. The zero-order chi connectivity index (χ0) is 19.4. The molecule has 0 aliphatic rings. The van der Waals surface area contributed by atoms with Crippen molar-refractivity contribution in [3.05, 3.63) is 77.1 Å². The van der Waals surface area contributed by atoms with Crippen LogP contribution in [-0.2, 0) is 0 Å². The van der Waals surface area contributed by atoms with E-state index in [9.17, 15) is 9.90 Å². The number of allylic oxidation sites excluding steroid dienone is 1. The second kappa shape index (κ2) is 7.91. The fraction of sp³-hybridized carbons (Fsp3) is 0.182. The summed E-state index contributed by atoms with van der Waals surface area (Å²) >= 11 is 0. The summed E-state index contributed by atoms with van der Waals surface area (Å²) in [5.74, 6) is 0.366. The molecule has 0 aliphatic heterocycles. The van der Waals surface area contributed by atoms with E-state index in [4.69, 9.17) is 4.74 Å². The topological polar surface area (TPSA) is 64.3 Å². The van der Waals surface area contributed by atoms with Crippen molar-refractivity contribution in [3.63, 3.8) is 0 Å². The lowest BCUT2D eigenvalue weighted by molar-refractivity contribution is 0.104. The Bertz CT molecular complexity index is 988. The highest BCUT2D eigenvalue weighted by Crippen LogP contribution is 2.27. The number of ketones is 1. The number of aryl methyl sites for hydroxylation is 1. The van der Waals surface area contributed by atoms with E-state index in [2.05, 4.69) is 5.10 Å². The number of nitrogens with zero attached hydrogens (tertiary/aromatic N) is 2. The van der Waals surface area contributed by atoms with Gasteiger partial charge in [-0.25, -0.2) is 4.68 Å². The minimum atomic E-state index is -0.113. The molecule has 5 nitrogen and oxygen atoms in total. The Hall–Kier alpha value is -3.34. The van der Waals surface area contributed by atoms with Crippen LogP contribution in [0.5, 0.6) is 11.5 Å². The van der Waals surface area contributed by atoms with Gasteiger partial charge in [0, 0.05) is 0 Å². The molecule has 3 aromatic rings. The van der Waals surface area contributed by atoms with Crippen LogP contribution < -0.4 is 4.74 Å². The van der Waals surface area contributed by atoms with Crippen LogP contribution in [-0.4, -0.2) is 27.3 Å². The molecule has 2 aromatic carbocycles. The van der Waals surface area contributed by atoms with Gasteiger partial charge in [0.2, 0.25) is 0 Å². The first-order valence-electron chi connectivity index (χ1n) is 8.81. The molecule has 0 bridgehead atoms. The molecule has 0 saturated heterocycles. The van der Waals surface area contributed by atoms with Crippen molar-refractivity contribution >= 4 is 11.9 Å². The number of phenols is 1. The molecule has 1 heterocycles. The standard InChI is InChI=1S/C22H22N2O3/c1-4-27-21-14-17(10-12-19(21)25)11-13-20(26)22-15(2)23-24(16(22)3)18-8-6-5-7-9-18/h5-14,25H,4H2,1-3H3. The molecule has 0 atom stereocenters. The molecule has 0 saturated carbocycles. The van der Waals surface area contributed by atoms with Crippen LogP contribution in [0.2, 0.25) is 0 Å². The van der Waals surface area contributed by atoms with Gasteiger partial charge >= 0.3 is 0 Å². The normalized spacial score (nSPS) is 11.1. The Kier molecular flexibility index (Phi) is 5.41. The number of ether oxygens (including phenoxy) is 1. The van der Waals surface area contributed by atoms with Gasteiger partial charge in [0.1, 0.15) is 0 Å².